The molecule has 4 aromatic carbocycles. The minimum atomic E-state index is -0.348. The van der Waals surface area contributed by atoms with Gasteiger partial charge in [-0.15, -0.1) is 0 Å². The number of anilines is 2. The van der Waals surface area contributed by atoms with Crippen molar-refractivity contribution in [3.05, 3.63) is 130 Å². The summed E-state index contributed by atoms with van der Waals surface area (Å²) in [5.74, 6) is -1.09. The lowest BCUT2D eigenvalue weighted by Crippen LogP contribution is -2.38. The maximum atomic E-state index is 13.6. The molecule has 1 aliphatic heterocycles. The normalized spacial score (nSPS) is 13.9. The molecule has 0 spiro atoms. The molecule has 7 nitrogen and oxygen atoms in total. The molecule has 0 saturated carbocycles. The number of hydrogen-bond acceptors (Lipinski definition) is 4. The van der Waals surface area contributed by atoms with Crippen molar-refractivity contribution in [3.8, 4) is 0 Å². The molecule has 0 radical (unpaired) electrons. The van der Waals surface area contributed by atoms with Crippen LogP contribution in [-0.2, 0) is 11.3 Å². The van der Waals surface area contributed by atoms with Crippen LogP contribution in [0.5, 0.6) is 0 Å². The van der Waals surface area contributed by atoms with Crippen molar-refractivity contribution in [2.75, 3.05) is 36.4 Å². The molecule has 2 N–H and O–H groups in total. The molecule has 1 heterocycles. The summed E-state index contributed by atoms with van der Waals surface area (Å²) in [7, 11) is 0. The van der Waals surface area contributed by atoms with Gasteiger partial charge in [-0.25, -0.2) is 4.39 Å². The second kappa shape index (κ2) is 14.9. The molecule has 45 heavy (non-hydrogen) atoms. The van der Waals surface area contributed by atoms with Crippen LogP contribution >= 0.6 is 11.6 Å². The van der Waals surface area contributed by atoms with Crippen molar-refractivity contribution in [2.45, 2.75) is 32.2 Å². The SMILES string of the molecule is CC[C@H](C(=O)N1CCCN(c2ccc(NC(=O)c3ccc(Cl)cc3)cc2C(=O)NCc2ccc(F)cc2)CC1)c1ccccc1. The second-order valence-electron chi connectivity index (χ2n) is 11.0. The Labute approximate surface area is 268 Å². The lowest BCUT2D eigenvalue weighted by Gasteiger charge is -2.28. The maximum Gasteiger partial charge on any atom is 0.255 e. The predicted molar refractivity (Wildman–Crippen MR) is 176 cm³/mol. The zero-order chi connectivity index (χ0) is 31.8. The number of nitrogens with one attached hydrogen (secondary N) is 2. The number of halogens is 2. The van der Waals surface area contributed by atoms with Crippen molar-refractivity contribution in [1.82, 2.24) is 10.2 Å². The zero-order valence-electron chi connectivity index (χ0n) is 25.1. The van der Waals surface area contributed by atoms with Crippen LogP contribution in [0.3, 0.4) is 0 Å². The van der Waals surface area contributed by atoms with Gasteiger partial charge in [-0.2, -0.15) is 0 Å². The average Bonchev–Trinajstić information content (AvgIpc) is 3.32. The maximum absolute atomic E-state index is 13.6. The number of carbonyl (C=O) groups excluding carboxylic acids is 3. The summed E-state index contributed by atoms with van der Waals surface area (Å²) in [4.78, 5) is 44.2. The highest BCUT2D eigenvalue weighted by Crippen LogP contribution is 2.28. The van der Waals surface area contributed by atoms with Crippen LogP contribution in [0.1, 0.15) is 57.5 Å². The molecular weight excluding hydrogens is 591 g/mol. The number of nitrogens with zero attached hydrogens (tertiary/aromatic N) is 2. The quantitative estimate of drug-likeness (QED) is 0.212. The highest BCUT2D eigenvalue weighted by molar-refractivity contribution is 6.30. The topological polar surface area (TPSA) is 81.8 Å². The minimum absolute atomic E-state index is 0.114. The Balaban J connectivity index is 1.36. The Bertz CT molecular complexity index is 1630. The summed E-state index contributed by atoms with van der Waals surface area (Å²) in [6.07, 6.45) is 1.45. The fraction of sp³-hybridized carbons (Fsp3) is 0.250. The van der Waals surface area contributed by atoms with Crippen molar-refractivity contribution < 1.29 is 18.8 Å². The van der Waals surface area contributed by atoms with Gasteiger partial charge in [-0.3, -0.25) is 14.4 Å². The molecule has 1 atom stereocenters. The van der Waals surface area contributed by atoms with Gasteiger partial charge in [0.2, 0.25) is 5.91 Å². The van der Waals surface area contributed by atoms with Crippen LogP contribution in [-0.4, -0.2) is 48.8 Å². The van der Waals surface area contributed by atoms with E-state index in [4.69, 9.17) is 11.6 Å². The summed E-state index contributed by atoms with van der Waals surface area (Å²) < 4.78 is 13.4. The van der Waals surface area contributed by atoms with Gasteiger partial charge in [0, 0.05) is 54.7 Å². The molecule has 0 unspecified atom stereocenters. The lowest BCUT2D eigenvalue weighted by atomic mass is 9.95. The number of rotatable bonds is 9. The third kappa shape index (κ3) is 8.08. The fourth-order valence-electron chi connectivity index (χ4n) is 5.59. The van der Waals surface area contributed by atoms with E-state index in [-0.39, 0.29) is 36.0 Å². The summed E-state index contributed by atoms with van der Waals surface area (Å²) in [5, 5.41) is 6.34. The minimum Gasteiger partial charge on any atom is -0.369 e. The third-order valence-corrected chi connectivity index (χ3v) is 8.28. The summed E-state index contributed by atoms with van der Waals surface area (Å²) in [6, 6.07) is 27.6. The van der Waals surface area contributed by atoms with E-state index in [1.807, 2.05) is 48.2 Å². The molecule has 5 rings (SSSR count). The first-order valence-corrected chi connectivity index (χ1v) is 15.5. The van der Waals surface area contributed by atoms with E-state index >= 15 is 0 Å². The van der Waals surface area contributed by atoms with Crippen molar-refractivity contribution in [3.63, 3.8) is 0 Å². The largest absolute Gasteiger partial charge is 0.369 e. The van der Waals surface area contributed by atoms with Gasteiger partial charge < -0.3 is 20.4 Å². The molecule has 1 saturated heterocycles. The average molecular weight is 627 g/mol. The van der Waals surface area contributed by atoms with Crippen LogP contribution in [0.25, 0.3) is 0 Å². The molecule has 232 valence electrons. The van der Waals surface area contributed by atoms with Crippen LogP contribution in [0.15, 0.2) is 97.1 Å². The van der Waals surface area contributed by atoms with Crippen LogP contribution in [0, 0.1) is 5.82 Å². The Kier molecular flexibility index (Phi) is 10.5. The van der Waals surface area contributed by atoms with Crippen LogP contribution < -0.4 is 15.5 Å². The summed E-state index contributed by atoms with van der Waals surface area (Å²) in [6.45, 7) is 4.59. The van der Waals surface area contributed by atoms with Gasteiger partial charge in [0.05, 0.1) is 11.5 Å². The van der Waals surface area contributed by atoms with E-state index in [0.29, 0.717) is 60.1 Å². The van der Waals surface area contributed by atoms with Gasteiger partial charge >= 0.3 is 0 Å². The number of benzene rings is 4. The molecule has 0 aliphatic carbocycles. The van der Waals surface area contributed by atoms with Gasteiger partial charge in [-0.05, 0) is 78.6 Å². The van der Waals surface area contributed by atoms with Crippen molar-refractivity contribution in [1.29, 1.82) is 0 Å². The number of amides is 3. The van der Waals surface area contributed by atoms with E-state index in [9.17, 15) is 18.8 Å². The lowest BCUT2D eigenvalue weighted by molar-refractivity contribution is -0.132. The van der Waals surface area contributed by atoms with E-state index in [2.05, 4.69) is 15.5 Å². The van der Waals surface area contributed by atoms with Gasteiger partial charge in [0.1, 0.15) is 5.82 Å². The third-order valence-electron chi connectivity index (χ3n) is 8.03. The first-order chi connectivity index (χ1) is 21.8. The molecule has 0 aromatic heterocycles. The Morgan fingerprint density at radius 3 is 2.29 bits per heavy atom. The molecular formula is C36H36ClFN4O3. The number of carbonyl (C=O) groups is 3. The fourth-order valence-corrected chi connectivity index (χ4v) is 5.72. The summed E-state index contributed by atoms with van der Waals surface area (Å²) >= 11 is 5.97. The predicted octanol–water partition coefficient (Wildman–Crippen LogP) is 6.89. The zero-order valence-corrected chi connectivity index (χ0v) is 25.9. The smallest absolute Gasteiger partial charge is 0.255 e. The van der Waals surface area contributed by atoms with E-state index in [1.165, 1.54) is 12.1 Å². The molecule has 9 heteroatoms. The van der Waals surface area contributed by atoms with Crippen molar-refractivity contribution in [2.24, 2.45) is 0 Å². The Morgan fingerprint density at radius 1 is 0.844 bits per heavy atom. The molecule has 3 amide bonds. The standard InChI is InChI=1S/C36H36ClFN4O3/c1-2-31(26-7-4-3-5-8-26)36(45)42-20-6-19-41(21-22-42)33-18-17-30(40-34(43)27-11-13-28(37)14-12-27)23-32(33)35(44)39-24-25-9-15-29(38)16-10-25/h3-5,7-18,23,31H,2,6,19-22,24H2,1H3,(H,39,44)(H,40,43)/t31-/m0/s1. The Morgan fingerprint density at radius 2 is 1.58 bits per heavy atom. The first kappa shape index (κ1) is 31.7. The van der Waals surface area contributed by atoms with Gasteiger partial charge in [0.25, 0.3) is 11.8 Å². The Hall–Kier alpha value is -4.69. The van der Waals surface area contributed by atoms with Gasteiger partial charge in [0.15, 0.2) is 0 Å². The van der Waals surface area contributed by atoms with Crippen LogP contribution in [0.2, 0.25) is 5.02 Å². The van der Waals surface area contributed by atoms with E-state index < -0.39 is 0 Å². The first-order valence-electron chi connectivity index (χ1n) is 15.1. The van der Waals surface area contributed by atoms with Crippen molar-refractivity contribution >= 4 is 40.7 Å². The highest BCUT2D eigenvalue weighted by Gasteiger charge is 2.27. The van der Waals surface area contributed by atoms with Gasteiger partial charge in [-0.1, -0.05) is 61.0 Å². The molecule has 1 aliphatic rings. The van der Waals surface area contributed by atoms with E-state index in [1.54, 1.807) is 48.5 Å². The highest BCUT2D eigenvalue weighted by atomic mass is 35.5. The monoisotopic (exact) mass is 626 g/mol. The second-order valence-corrected chi connectivity index (χ2v) is 11.5. The summed E-state index contributed by atoms with van der Waals surface area (Å²) in [5.41, 5.74) is 3.77. The van der Waals surface area contributed by atoms with Crippen LogP contribution in [0.4, 0.5) is 15.8 Å². The number of hydrogen-bond donors (Lipinski definition) is 2. The molecule has 4 aromatic rings. The molecule has 0 bridgehead atoms. The molecule has 1 fully saturated rings. The van der Waals surface area contributed by atoms with E-state index in [0.717, 1.165) is 17.5 Å².